The van der Waals surface area contributed by atoms with Crippen LogP contribution in [0.5, 0.6) is 0 Å². The molecule has 1 unspecified atom stereocenters. The first-order chi connectivity index (χ1) is 9.28. The lowest BCUT2D eigenvalue weighted by atomic mass is 10.1. The summed E-state index contributed by atoms with van der Waals surface area (Å²) in [4.78, 5) is 2.11. The third kappa shape index (κ3) is 2.33. The van der Waals surface area contributed by atoms with Crippen LogP contribution in [0.3, 0.4) is 0 Å². The summed E-state index contributed by atoms with van der Waals surface area (Å²) in [6.45, 7) is 6.65. The number of nitrogens with one attached hydrogen (secondary N) is 1. The third-order valence-corrected chi connectivity index (χ3v) is 3.42. The first kappa shape index (κ1) is 12.2. The second kappa shape index (κ2) is 5.01. The van der Waals surface area contributed by atoms with Gasteiger partial charge in [0, 0.05) is 13.1 Å². The number of nitrogens with zero attached hydrogens (tertiary/aromatic N) is 3. The van der Waals surface area contributed by atoms with Gasteiger partial charge in [-0.25, -0.2) is 0 Å². The number of rotatable bonds is 4. The second-order valence-corrected chi connectivity index (χ2v) is 4.83. The first-order valence-corrected chi connectivity index (χ1v) is 6.66. The largest absolute Gasteiger partial charge is 0.406 e. The van der Waals surface area contributed by atoms with Crippen LogP contribution in [0.15, 0.2) is 28.7 Å². The zero-order valence-electron chi connectivity index (χ0n) is 11.3. The van der Waals surface area contributed by atoms with Crippen molar-refractivity contribution in [2.75, 3.05) is 11.4 Å². The molecule has 0 fully saturated rings. The van der Waals surface area contributed by atoms with Gasteiger partial charge in [0.15, 0.2) is 0 Å². The van der Waals surface area contributed by atoms with Gasteiger partial charge in [-0.1, -0.05) is 36.3 Å². The smallest absolute Gasteiger partial charge is 0.318 e. The summed E-state index contributed by atoms with van der Waals surface area (Å²) in [6, 6.07) is 9.12. The van der Waals surface area contributed by atoms with Crippen molar-refractivity contribution in [1.82, 2.24) is 15.5 Å². The zero-order valence-corrected chi connectivity index (χ0v) is 11.3. The van der Waals surface area contributed by atoms with Crippen molar-refractivity contribution in [3.8, 4) is 0 Å². The monoisotopic (exact) mass is 258 g/mol. The molecule has 1 N–H and O–H groups in total. The molecular formula is C14H18N4O. The fourth-order valence-electron chi connectivity index (χ4n) is 2.39. The molecule has 0 amide bonds. The maximum Gasteiger partial charge on any atom is 0.318 e. The standard InChI is InChI=1S/C14H18N4O/c1-3-15-10(2)13-16-17-14(19-13)18-8-11-6-4-5-7-12(11)9-18/h4-7,10,15H,3,8-9H2,1-2H3. The third-order valence-electron chi connectivity index (χ3n) is 3.42. The average molecular weight is 258 g/mol. The van der Waals surface area contributed by atoms with Crippen molar-refractivity contribution in [2.45, 2.75) is 33.0 Å². The van der Waals surface area contributed by atoms with Crippen molar-refractivity contribution in [1.29, 1.82) is 0 Å². The molecule has 0 spiro atoms. The lowest BCUT2D eigenvalue weighted by Crippen LogP contribution is -2.18. The van der Waals surface area contributed by atoms with Crippen LogP contribution in [-0.4, -0.2) is 16.7 Å². The van der Waals surface area contributed by atoms with E-state index in [-0.39, 0.29) is 6.04 Å². The topological polar surface area (TPSA) is 54.2 Å². The molecule has 5 nitrogen and oxygen atoms in total. The molecule has 1 aliphatic rings. The fraction of sp³-hybridized carbons (Fsp3) is 0.429. The summed E-state index contributed by atoms with van der Waals surface area (Å²) in [5, 5.41) is 11.5. The second-order valence-electron chi connectivity index (χ2n) is 4.83. The van der Waals surface area contributed by atoms with Gasteiger partial charge in [-0.3, -0.25) is 0 Å². The zero-order chi connectivity index (χ0) is 13.2. The molecule has 1 aromatic carbocycles. The Hall–Kier alpha value is -1.88. The van der Waals surface area contributed by atoms with E-state index in [1.165, 1.54) is 11.1 Å². The molecule has 1 aliphatic heterocycles. The molecule has 5 heteroatoms. The molecular weight excluding hydrogens is 240 g/mol. The molecule has 2 heterocycles. The van der Waals surface area contributed by atoms with Crippen LogP contribution in [-0.2, 0) is 13.1 Å². The highest BCUT2D eigenvalue weighted by Gasteiger charge is 2.23. The Bertz CT molecular complexity index is 541. The quantitative estimate of drug-likeness (QED) is 0.911. The number of hydrogen-bond donors (Lipinski definition) is 1. The van der Waals surface area contributed by atoms with Crippen molar-refractivity contribution >= 4 is 6.01 Å². The van der Waals surface area contributed by atoms with Crippen LogP contribution in [0.2, 0.25) is 0 Å². The van der Waals surface area contributed by atoms with E-state index in [0.29, 0.717) is 11.9 Å². The number of benzene rings is 1. The van der Waals surface area contributed by atoms with Gasteiger partial charge < -0.3 is 14.6 Å². The molecule has 0 saturated carbocycles. The van der Waals surface area contributed by atoms with Gasteiger partial charge in [0.25, 0.3) is 0 Å². The van der Waals surface area contributed by atoms with Crippen molar-refractivity contribution in [2.24, 2.45) is 0 Å². The molecule has 3 rings (SSSR count). The summed E-state index contributed by atoms with van der Waals surface area (Å²) >= 11 is 0. The highest BCUT2D eigenvalue weighted by molar-refractivity contribution is 5.41. The van der Waals surface area contributed by atoms with E-state index in [1.807, 2.05) is 6.92 Å². The lowest BCUT2D eigenvalue weighted by Gasteiger charge is -2.11. The summed E-state index contributed by atoms with van der Waals surface area (Å²) in [6.07, 6.45) is 0. The number of anilines is 1. The molecule has 0 saturated heterocycles. The van der Waals surface area contributed by atoms with Crippen LogP contribution < -0.4 is 10.2 Å². The molecule has 1 atom stereocenters. The van der Waals surface area contributed by atoms with E-state index in [9.17, 15) is 0 Å². The van der Waals surface area contributed by atoms with Crippen molar-refractivity contribution < 1.29 is 4.42 Å². The SMILES string of the molecule is CCNC(C)c1nnc(N2Cc3ccccc3C2)o1. The van der Waals surface area contributed by atoms with Crippen molar-refractivity contribution in [3.63, 3.8) is 0 Å². The Morgan fingerprint density at radius 1 is 1.26 bits per heavy atom. The average Bonchev–Trinajstić information content (AvgIpc) is 3.05. The van der Waals surface area contributed by atoms with Gasteiger partial charge in [-0.05, 0) is 24.6 Å². The van der Waals surface area contributed by atoms with Crippen LogP contribution >= 0.6 is 0 Å². The molecule has 19 heavy (non-hydrogen) atoms. The normalized spacial score (nSPS) is 15.6. The minimum absolute atomic E-state index is 0.0937. The number of aromatic nitrogens is 2. The van der Waals surface area contributed by atoms with E-state index >= 15 is 0 Å². The van der Waals surface area contributed by atoms with E-state index < -0.39 is 0 Å². The minimum Gasteiger partial charge on any atom is -0.406 e. The van der Waals surface area contributed by atoms with Gasteiger partial charge >= 0.3 is 6.01 Å². The Labute approximate surface area is 112 Å². The highest BCUT2D eigenvalue weighted by atomic mass is 16.4. The molecule has 2 aromatic rings. The van der Waals surface area contributed by atoms with E-state index in [4.69, 9.17) is 4.42 Å². The van der Waals surface area contributed by atoms with Crippen molar-refractivity contribution in [3.05, 3.63) is 41.3 Å². The minimum atomic E-state index is 0.0937. The Morgan fingerprint density at radius 3 is 2.58 bits per heavy atom. The maximum absolute atomic E-state index is 5.75. The maximum atomic E-state index is 5.75. The Morgan fingerprint density at radius 2 is 1.95 bits per heavy atom. The van der Waals surface area contributed by atoms with Crippen LogP contribution in [0.4, 0.5) is 6.01 Å². The van der Waals surface area contributed by atoms with E-state index in [0.717, 1.165) is 19.6 Å². The number of hydrogen-bond acceptors (Lipinski definition) is 5. The van der Waals surface area contributed by atoms with Gasteiger partial charge in [0.1, 0.15) is 0 Å². The molecule has 0 aliphatic carbocycles. The summed E-state index contributed by atoms with van der Waals surface area (Å²) in [5.41, 5.74) is 2.67. The Kier molecular flexibility index (Phi) is 3.21. The van der Waals surface area contributed by atoms with Crippen LogP contribution in [0.1, 0.15) is 36.9 Å². The molecule has 0 radical (unpaired) electrons. The summed E-state index contributed by atoms with van der Waals surface area (Å²) in [7, 11) is 0. The molecule has 1 aromatic heterocycles. The first-order valence-electron chi connectivity index (χ1n) is 6.66. The van der Waals surface area contributed by atoms with Gasteiger partial charge in [-0.15, -0.1) is 5.10 Å². The van der Waals surface area contributed by atoms with Crippen LogP contribution in [0.25, 0.3) is 0 Å². The lowest BCUT2D eigenvalue weighted by molar-refractivity contribution is 0.419. The predicted octanol–water partition coefficient (Wildman–Crippen LogP) is 2.26. The predicted molar refractivity (Wildman–Crippen MR) is 72.7 cm³/mol. The van der Waals surface area contributed by atoms with Gasteiger partial charge in [0.05, 0.1) is 6.04 Å². The molecule has 0 bridgehead atoms. The van der Waals surface area contributed by atoms with E-state index in [1.54, 1.807) is 0 Å². The highest BCUT2D eigenvalue weighted by Crippen LogP contribution is 2.27. The van der Waals surface area contributed by atoms with Gasteiger partial charge in [-0.2, -0.15) is 0 Å². The van der Waals surface area contributed by atoms with Gasteiger partial charge in [0.2, 0.25) is 5.89 Å². The summed E-state index contributed by atoms with van der Waals surface area (Å²) < 4.78 is 5.75. The van der Waals surface area contributed by atoms with Crippen LogP contribution in [0, 0.1) is 0 Å². The van der Waals surface area contributed by atoms with E-state index in [2.05, 4.69) is 51.6 Å². The molecule has 100 valence electrons. The fourth-order valence-corrected chi connectivity index (χ4v) is 2.39. The Balaban J connectivity index is 1.75. The summed E-state index contributed by atoms with van der Waals surface area (Å²) in [5.74, 6) is 0.646. The number of fused-ring (bicyclic) bond motifs is 1.